The molecule has 9 heteroatoms. The number of sulfonamides is 1. The highest BCUT2D eigenvalue weighted by molar-refractivity contribution is 7.89. The van der Waals surface area contributed by atoms with Crippen molar-refractivity contribution in [2.75, 3.05) is 18.8 Å². The number of hydrogen-bond acceptors (Lipinski definition) is 6. The summed E-state index contributed by atoms with van der Waals surface area (Å²) in [5.74, 6) is 0. The first-order chi connectivity index (χ1) is 9.54. The molecule has 1 saturated heterocycles. The standard InChI is InChI=1S/C12H17N3O5S/c1-8-5-9(13)10(15(17)18)6-11(8)21(19,20)14-4-3-12(2,16)7-14/h5-6,16H,3-4,7,13H2,1-2H3. The molecule has 2 rings (SSSR count). The fourth-order valence-electron chi connectivity index (χ4n) is 2.38. The predicted molar refractivity (Wildman–Crippen MR) is 76.2 cm³/mol. The normalized spacial score (nSPS) is 23.4. The zero-order chi connectivity index (χ0) is 16.0. The largest absolute Gasteiger partial charge is 0.393 e. The van der Waals surface area contributed by atoms with E-state index >= 15 is 0 Å². The number of nitrogens with two attached hydrogens (primary N) is 1. The van der Waals surface area contributed by atoms with Crippen molar-refractivity contribution in [1.82, 2.24) is 4.31 Å². The maximum atomic E-state index is 12.6. The highest BCUT2D eigenvalue weighted by Crippen LogP contribution is 2.32. The Kier molecular flexibility index (Phi) is 3.68. The molecule has 1 fully saturated rings. The van der Waals surface area contributed by atoms with E-state index in [9.17, 15) is 23.6 Å². The van der Waals surface area contributed by atoms with Crippen LogP contribution >= 0.6 is 0 Å². The lowest BCUT2D eigenvalue weighted by molar-refractivity contribution is -0.384. The lowest BCUT2D eigenvalue weighted by Gasteiger charge is -2.20. The predicted octanol–water partition coefficient (Wildman–Crippen LogP) is 0.631. The summed E-state index contributed by atoms with van der Waals surface area (Å²) in [5, 5.41) is 20.8. The molecule has 0 amide bonds. The van der Waals surface area contributed by atoms with Crippen molar-refractivity contribution in [1.29, 1.82) is 0 Å². The van der Waals surface area contributed by atoms with Gasteiger partial charge in [0.1, 0.15) is 5.69 Å². The highest BCUT2D eigenvalue weighted by atomic mass is 32.2. The van der Waals surface area contributed by atoms with E-state index in [2.05, 4.69) is 0 Å². The molecular formula is C12H17N3O5S. The van der Waals surface area contributed by atoms with Crippen LogP contribution in [0.25, 0.3) is 0 Å². The molecule has 1 aliphatic rings. The third kappa shape index (κ3) is 2.85. The number of anilines is 1. The van der Waals surface area contributed by atoms with Crippen LogP contribution in [0.1, 0.15) is 18.9 Å². The minimum Gasteiger partial charge on any atom is -0.393 e. The van der Waals surface area contributed by atoms with Crippen LogP contribution in [-0.2, 0) is 10.0 Å². The van der Waals surface area contributed by atoms with Gasteiger partial charge in [0, 0.05) is 19.2 Å². The number of hydrogen-bond donors (Lipinski definition) is 2. The Balaban J connectivity index is 2.51. The molecule has 1 heterocycles. The number of nitrogen functional groups attached to an aromatic ring is 1. The quantitative estimate of drug-likeness (QED) is 0.478. The monoisotopic (exact) mass is 315 g/mol. The number of nitro groups is 1. The van der Waals surface area contributed by atoms with E-state index < -0.39 is 26.2 Å². The maximum absolute atomic E-state index is 12.6. The molecule has 1 atom stereocenters. The molecule has 0 radical (unpaired) electrons. The molecule has 0 aromatic heterocycles. The molecule has 0 saturated carbocycles. The summed E-state index contributed by atoms with van der Waals surface area (Å²) in [4.78, 5) is 10.0. The van der Waals surface area contributed by atoms with Gasteiger partial charge in [0.25, 0.3) is 5.69 Å². The SMILES string of the molecule is Cc1cc(N)c([N+](=O)[O-])cc1S(=O)(=O)N1CCC(C)(O)C1. The lowest BCUT2D eigenvalue weighted by atomic mass is 10.1. The smallest absolute Gasteiger partial charge is 0.293 e. The topological polar surface area (TPSA) is 127 Å². The second kappa shape index (κ2) is 4.93. The summed E-state index contributed by atoms with van der Waals surface area (Å²) in [6.07, 6.45) is 0.322. The summed E-state index contributed by atoms with van der Waals surface area (Å²) < 4.78 is 26.3. The van der Waals surface area contributed by atoms with Crippen molar-refractivity contribution >= 4 is 21.4 Å². The van der Waals surface area contributed by atoms with E-state index in [1.165, 1.54) is 13.0 Å². The van der Waals surface area contributed by atoms with Gasteiger partial charge in [-0.15, -0.1) is 0 Å². The number of aryl methyl sites for hydroxylation is 1. The summed E-state index contributed by atoms with van der Waals surface area (Å²) in [6.45, 7) is 3.22. The zero-order valence-electron chi connectivity index (χ0n) is 11.7. The highest BCUT2D eigenvalue weighted by Gasteiger charge is 2.39. The maximum Gasteiger partial charge on any atom is 0.293 e. The van der Waals surface area contributed by atoms with Gasteiger partial charge in [0.2, 0.25) is 10.0 Å². The van der Waals surface area contributed by atoms with Gasteiger partial charge in [-0.05, 0) is 31.9 Å². The first kappa shape index (κ1) is 15.7. The van der Waals surface area contributed by atoms with Crippen molar-refractivity contribution in [3.05, 3.63) is 27.8 Å². The summed E-state index contributed by atoms with van der Waals surface area (Å²) in [7, 11) is -3.90. The Morgan fingerprint density at radius 2 is 2.10 bits per heavy atom. The average Bonchev–Trinajstić information content (AvgIpc) is 2.69. The molecule has 0 spiro atoms. The Morgan fingerprint density at radius 3 is 2.57 bits per heavy atom. The third-order valence-electron chi connectivity index (χ3n) is 3.56. The summed E-state index contributed by atoms with van der Waals surface area (Å²) >= 11 is 0. The number of nitro benzene ring substituents is 1. The number of rotatable bonds is 3. The van der Waals surface area contributed by atoms with Crippen LogP contribution in [0.4, 0.5) is 11.4 Å². The Hall–Kier alpha value is -1.71. The molecule has 1 aliphatic heterocycles. The minimum atomic E-state index is -3.90. The van der Waals surface area contributed by atoms with Crippen LogP contribution in [-0.4, -0.2) is 41.4 Å². The van der Waals surface area contributed by atoms with Gasteiger partial charge in [-0.1, -0.05) is 0 Å². The first-order valence-corrected chi connectivity index (χ1v) is 7.76. The van der Waals surface area contributed by atoms with Crippen molar-refractivity contribution in [2.24, 2.45) is 0 Å². The minimum absolute atomic E-state index is 0.0348. The van der Waals surface area contributed by atoms with Crippen LogP contribution < -0.4 is 5.73 Å². The van der Waals surface area contributed by atoms with Crippen LogP contribution in [0, 0.1) is 17.0 Å². The summed E-state index contributed by atoms with van der Waals surface area (Å²) in [6, 6.07) is 2.26. The zero-order valence-corrected chi connectivity index (χ0v) is 12.6. The van der Waals surface area contributed by atoms with Gasteiger partial charge in [0.05, 0.1) is 15.4 Å². The molecule has 0 aliphatic carbocycles. The molecule has 1 unspecified atom stereocenters. The molecule has 1 aromatic rings. The van der Waals surface area contributed by atoms with Gasteiger partial charge in [-0.2, -0.15) is 4.31 Å². The van der Waals surface area contributed by atoms with Crippen LogP contribution in [0.5, 0.6) is 0 Å². The molecule has 1 aromatic carbocycles. The number of benzene rings is 1. The van der Waals surface area contributed by atoms with Gasteiger partial charge in [-0.25, -0.2) is 8.42 Å². The van der Waals surface area contributed by atoms with Crippen LogP contribution in [0.3, 0.4) is 0 Å². The molecule has 3 N–H and O–H groups in total. The first-order valence-electron chi connectivity index (χ1n) is 6.32. The van der Waals surface area contributed by atoms with Gasteiger partial charge in [-0.3, -0.25) is 10.1 Å². The number of β-amino-alcohol motifs (C(OH)–C–C–N with tert-alkyl or cyclic N) is 1. The van der Waals surface area contributed by atoms with Crippen molar-refractivity contribution in [3.63, 3.8) is 0 Å². The van der Waals surface area contributed by atoms with Crippen molar-refractivity contribution < 1.29 is 18.4 Å². The number of nitrogens with zero attached hydrogens (tertiary/aromatic N) is 2. The van der Waals surface area contributed by atoms with E-state index in [1.54, 1.807) is 6.92 Å². The molecular weight excluding hydrogens is 298 g/mol. The number of aliphatic hydroxyl groups is 1. The molecule has 8 nitrogen and oxygen atoms in total. The summed E-state index contributed by atoms with van der Waals surface area (Å²) in [5.41, 5.74) is 4.28. The van der Waals surface area contributed by atoms with Crippen LogP contribution in [0.15, 0.2) is 17.0 Å². The second-order valence-electron chi connectivity index (χ2n) is 5.52. The molecule has 21 heavy (non-hydrogen) atoms. The van der Waals surface area contributed by atoms with E-state index in [0.717, 1.165) is 10.4 Å². The van der Waals surface area contributed by atoms with Gasteiger partial charge in [0.15, 0.2) is 0 Å². The van der Waals surface area contributed by atoms with E-state index in [-0.39, 0.29) is 23.7 Å². The molecule has 0 bridgehead atoms. The fourth-order valence-corrected chi connectivity index (χ4v) is 4.17. The second-order valence-corrected chi connectivity index (χ2v) is 7.43. The Morgan fingerprint density at radius 1 is 1.48 bits per heavy atom. The van der Waals surface area contributed by atoms with Crippen molar-refractivity contribution in [2.45, 2.75) is 30.8 Å². The average molecular weight is 315 g/mol. The Labute approximate surface area is 122 Å². The van der Waals surface area contributed by atoms with Gasteiger partial charge >= 0.3 is 0 Å². The van der Waals surface area contributed by atoms with E-state index in [1.807, 2.05) is 0 Å². The third-order valence-corrected chi connectivity index (χ3v) is 5.54. The van der Waals surface area contributed by atoms with E-state index in [0.29, 0.717) is 12.0 Å². The van der Waals surface area contributed by atoms with E-state index in [4.69, 9.17) is 5.73 Å². The van der Waals surface area contributed by atoms with Gasteiger partial charge < -0.3 is 10.8 Å². The van der Waals surface area contributed by atoms with Crippen molar-refractivity contribution in [3.8, 4) is 0 Å². The fraction of sp³-hybridized carbons (Fsp3) is 0.500. The molecule has 116 valence electrons. The van der Waals surface area contributed by atoms with Crippen LogP contribution in [0.2, 0.25) is 0 Å². The lowest BCUT2D eigenvalue weighted by Crippen LogP contribution is -2.34. The Bertz CT molecular complexity index is 699.